The van der Waals surface area contributed by atoms with Crippen LogP contribution in [0.15, 0.2) is 22.8 Å². The largest absolute Gasteiger partial charge is 0.468 e. The molecule has 96 valence electrons. The number of rotatable bonds is 4. The van der Waals surface area contributed by atoms with Gasteiger partial charge >= 0.3 is 0 Å². The van der Waals surface area contributed by atoms with Gasteiger partial charge in [0, 0.05) is 18.7 Å². The van der Waals surface area contributed by atoms with Gasteiger partial charge in [0.25, 0.3) is 0 Å². The van der Waals surface area contributed by atoms with Crippen molar-refractivity contribution < 1.29 is 9.15 Å². The Hall–Kier alpha value is -0.840. The lowest BCUT2D eigenvalue weighted by molar-refractivity contribution is 0.0572. The van der Waals surface area contributed by atoms with E-state index in [9.17, 15) is 0 Å². The number of likely N-dealkylation sites (N-methyl/N-ethyl adjacent to an activating group) is 1. The first kappa shape index (κ1) is 12.6. The van der Waals surface area contributed by atoms with E-state index >= 15 is 0 Å². The van der Waals surface area contributed by atoms with Crippen molar-refractivity contribution in [3.63, 3.8) is 0 Å². The first-order chi connectivity index (χ1) is 8.11. The third-order valence-electron chi connectivity index (χ3n) is 3.63. The summed E-state index contributed by atoms with van der Waals surface area (Å²) in [5.74, 6) is 0.932. The van der Waals surface area contributed by atoms with Gasteiger partial charge < -0.3 is 14.9 Å². The molecule has 2 heterocycles. The number of ether oxygens (including phenoxy) is 1. The topological polar surface area (TPSA) is 51.6 Å². The molecule has 1 aromatic rings. The molecule has 0 aliphatic carbocycles. The molecule has 0 spiro atoms. The first-order valence-electron chi connectivity index (χ1n) is 6.23. The van der Waals surface area contributed by atoms with Crippen LogP contribution in [0.4, 0.5) is 0 Å². The average Bonchev–Trinajstić information content (AvgIpc) is 2.88. The molecule has 4 heteroatoms. The lowest BCUT2D eigenvalue weighted by Crippen LogP contribution is -2.45. The minimum atomic E-state index is 0.0268. The Morgan fingerprint density at radius 3 is 2.76 bits per heavy atom. The molecule has 0 radical (unpaired) electrons. The Morgan fingerprint density at radius 1 is 1.53 bits per heavy atom. The predicted octanol–water partition coefficient (Wildman–Crippen LogP) is 1.78. The van der Waals surface area contributed by atoms with Gasteiger partial charge in [0.15, 0.2) is 0 Å². The summed E-state index contributed by atoms with van der Waals surface area (Å²) in [7, 11) is 2.10. The number of hydrogen-bond acceptors (Lipinski definition) is 4. The Balaban J connectivity index is 2.16. The summed E-state index contributed by atoms with van der Waals surface area (Å²) < 4.78 is 11.1. The lowest BCUT2D eigenvalue weighted by atomic mass is 10.0. The number of hydrogen-bond donors (Lipinski definition) is 1. The molecule has 0 aromatic carbocycles. The van der Waals surface area contributed by atoms with Crippen LogP contribution in [0.5, 0.6) is 0 Å². The monoisotopic (exact) mass is 238 g/mol. The minimum absolute atomic E-state index is 0.0268. The maximum Gasteiger partial charge on any atom is 0.122 e. The molecular weight excluding hydrogens is 216 g/mol. The molecule has 17 heavy (non-hydrogen) atoms. The van der Waals surface area contributed by atoms with Gasteiger partial charge in [-0.2, -0.15) is 0 Å². The molecule has 1 aliphatic rings. The molecule has 4 unspecified atom stereocenters. The normalized spacial score (nSPS) is 28.5. The fourth-order valence-electron chi connectivity index (χ4n) is 2.75. The Labute approximate surface area is 103 Å². The van der Waals surface area contributed by atoms with Crippen molar-refractivity contribution in [3.8, 4) is 0 Å². The Morgan fingerprint density at radius 2 is 2.29 bits per heavy atom. The van der Waals surface area contributed by atoms with Crippen LogP contribution in [0, 0.1) is 0 Å². The molecule has 1 aromatic heterocycles. The van der Waals surface area contributed by atoms with Crippen LogP contribution >= 0.6 is 0 Å². The van der Waals surface area contributed by atoms with E-state index < -0.39 is 0 Å². The molecule has 4 atom stereocenters. The fraction of sp³-hybridized carbons (Fsp3) is 0.692. The average molecular weight is 238 g/mol. The zero-order valence-corrected chi connectivity index (χ0v) is 10.8. The van der Waals surface area contributed by atoms with Gasteiger partial charge in [0.05, 0.1) is 18.4 Å². The van der Waals surface area contributed by atoms with Crippen LogP contribution in [-0.4, -0.2) is 36.7 Å². The molecule has 1 fully saturated rings. The van der Waals surface area contributed by atoms with Gasteiger partial charge in [0.1, 0.15) is 5.76 Å². The minimum Gasteiger partial charge on any atom is -0.468 e. The van der Waals surface area contributed by atoms with Gasteiger partial charge in [-0.1, -0.05) is 0 Å². The Kier molecular flexibility index (Phi) is 3.86. The van der Waals surface area contributed by atoms with Crippen molar-refractivity contribution >= 4 is 0 Å². The van der Waals surface area contributed by atoms with Crippen molar-refractivity contribution in [2.75, 3.05) is 13.7 Å². The summed E-state index contributed by atoms with van der Waals surface area (Å²) in [4.78, 5) is 2.29. The molecule has 1 aliphatic heterocycles. The number of nitrogens with zero attached hydrogens (tertiary/aromatic N) is 1. The van der Waals surface area contributed by atoms with Crippen molar-refractivity contribution in [2.45, 2.75) is 44.5 Å². The van der Waals surface area contributed by atoms with E-state index in [-0.39, 0.29) is 18.2 Å². The summed E-state index contributed by atoms with van der Waals surface area (Å²) in [6, 6.07) is 4.45. The van der Waals surface area contributed by atoms with Crippen molar-refractivity contribution in [3.05, 3.63) is 24.2 Å². The van der Waals surface area contributed by atoms with Crippen molar-refractivity contribution in [1.82, 2.24) is 4.90 Å². The second kappa shape index (κ2) is 5.21. The highest BCUT2D eigenvalue weighted by molar-refractivity contribution is 5.08. The third-order valence-corrected chi connectivity index (χ3v) is 3.63. The van der Waals surface area contributed by atoms with E-state index in [4.69, 9.17) is 14.9 Å². The quantitative estimate of drug-likeness (QED) is 0.868. The second-order valence-electron chi connectivity index (χ2n) is 4.92. The van der Waals surface area contributed by atoms with Crippen LogP contribution in [0.25, 0.3) is 0 Å². The van der Waals surface area contributed by atoms with Gasteiger partial charge in [-0.3, -0.25) is 4.90 Å². The maximum absolute atomic E-state index is 6.10. The zero-order valence-electron chi connectivity index (χ0n) is 10.8. The molecule has 0 saturated carbocycles. The molecule has 0 amide bonds. The fourth-order valence-corrected chi connectivity index (χ4v) is 2.75. The molecule has 0 bridgehead atoms. The van der Waals surface area contributed by atoms with E-state index in [0.29, 0.717) is 6.04 Å². The molecule has 1 saturated heterocycles. The summed E-state index contributed by atoms with van der Waals surface area (Å²) in [6.45, 7) is 4.97. The van der Waals surface area contributed by atoms with Crippen LogP contribution < -0.4 is 5.73 Å². The van der Waals surface area contributed by atoms with E-state index in [0.717, 1.165) is 18.8 Å². The zero-order chi connectivity index (χ0) is 12.4. The second-order valence-corrected chi connectivity index (χ2v) is 4.92. The number of furan rings is 1. The highest BCUT2D eigenvalue weighted by atomic mass is 16.5. The molecule has 2 N–H and O–H groups in total. The van der Waals surface area contributed by atoms with E-state index in [2.05, 4.69) is 18.9 Å². The highest BCUT2D eigenvalue weighted by Crippen LogP contribution is 2.29. The van der Waals surface area contributed by atoms with Crippen LogP contribution in [0.2, 0.25) is 0 Å². The van der Waals surface area contributed by atoms with Crippen LogP contribution in [0.1, 0.15) is 32.1 Å². The van der Waals surface area contributed by atoms with Crippen LogP contribution in [0.3, 0.4) is 0 Å². The van der Waals surface area contributed by atoms with Gasteiger partial charge in [0.2, 0.25) is 0 Å². The van der Waals surface area contributed by atoms with Gasteiger partial charge in [-0.25, -0.2) is 0 Å². The van der Waals surface area contributed by atoms with Gasteiger partial charge in [-0.05, 0) is 39.4 Å². The smallest absolute Gasteiger partial charge is 0.122 e. The van der Waals surface area contributed by atoms with Gasteiger partial charge in [-0.15, -0.1) is 0 Å². The first-order valence-corrected chi connectivity index (χ1v) is 6.23. The lowest BCUT2D eigenvalue weighted by Gasteiger charge is -2.35. The number of nitrogens with two attached hydrogens (primary N) is 1. The standard InChI is InChI=1S/C13H22N2O2/c1-9(14)13(12-5-4-7-17-12)15(3)11-6-8-16-10(11)2/h4-5,7,9-11,13H,6,8,14H2,1-3H3. The molecule has 4 nitrogen and oxygen atoms in total. The SMILES string of the molecule is CC(N)C(c1ccco1)N(C)C1CCOC1C. The Bertz CT molecular complexity index is 337. The molecular formula is C13H22N2O2. The van der Waals surface area contributed by atoms with Crippen molar-refractivity contribution in [2.24, 2.45) is 5.73 Å². The third kappa shape index (κ3) is 2.54. The summed E-state index contributed by atoms with van der Waals surface area (Å²) in [6.07, 6.45) is 3.02. The van der Waals surface area contributed by atoms with E-state index in [1.807, 2.05) is 19.1 Å². The van der Waals surface area contributed by atoms with Crippen LogP contribution in [-0.2, 0) is 4.74 Å². The van der Waals surface area contributed by atoms with E-state index in [1.54, 1.807) is 6.26 Å². The summed E-state index contributed by atoms with van der Waals surface area (Å²) >= 11 is 0. The summed E-state index contributed by atoms with van der Waals surface area (Å²) in [5.41, 5.74) is 6.10. The van der Waals surface area contributed by atoms with E-state index in [1.165, 1.54) is 0 Å². The highest BCUT2D eigenvalue weighted by Gasteiger charge is 2.34. The van der Waals surface area contributed by atoms with Crippen molar-refractivity contribution in [1.29, 1.82) is 0 Å². The molecule has 2 rings (SSSR count). The predicted molar refractivity (Wildman–Crippen MR) is 66.7 cm³/mol. The summed E-state index contributed by atoms with van der Waals surface area (Å²) in [5, 5.41) is 0. The maximum atomic E-state index is 6.10.